The first-order chi connectivity index (χ1) is 8.09. The first kappa shape index (κ1) is 12.1. The number of nitrogens with two attached hydrogens (primary N) is 1. The van der Waals surface area contributed by atoms with E-state index < -0.39 is 0 Å². The highest BCUT2D eigenvalue weighted by atomic mass is 32.1. The van der Waals surface area contributed by atoms with E-state index in [-0.39, 0.29) is 17.9 Å². The van der Waals surface area contributed by atoms with E-state index in [1.165, 1.54) is 6.26 Å². The summed E-state index contributed by atoms with van der Waals surface area (Å²) < 4.78 is 5.16. The maximum absolute atomic E-state index is 12.0. The number of carbonyl (C=O) groups is 1. The minimum Gasteiger partial charge on any atom is -0.459 e. The summed E-state index contributed by atoms with van der Waals surface area (Å²) in [4.78, 5) is 12.5. The van der Waals surface area contributed by atoms with Crippen LogP contribution < -0.4 is 11.1 Å². The molecule has 1 fully saturated rings. The van der Waals surface area contributed by atoms with Gasteiger partial charge in [-0.1, -0.05) is 18.6 Å². The van der Waals surface area contributed by atoms with Gasteiger partial charge in [0.2, 0.25) is 0 Å². The van der Waals surface area contributed by atoms with E-state index >= 15 is 0 Å². The molecule has 0 spiro atoms. The first-order valence-corrected chi connectivity index (χ1v) is 6.14. The second kappa shape index (κ2) is 4.87. The lowest BCUT2D eigenvalue weighted by Crippen LogP contribution is -2.41. The van der Waals surface area contributed by atoms with Gasteiger partial charge in [0.1, 0.15) is 0 Å². The first-order valence-electron chi connectivity index (χ1n) is 5.74. The van der Waals surface area contributed by atoms with E-state index in [2.05, 4.69) is 5.32 Å². The lowest BCUT2D eigenvalue weighted by atomic mass is 10.0. The molecule has 5 heteroatoms. The number of thiocarbonyl (C=S) groups is 1. The van der Waals surface area contributed by atoms with Crippen LogP contribution in [0.3, 0.4) is 0 Å². The Labute approximate surface area is 106 Å². The monoisotopic (exact) mass is 252 g/mol. The average Bonchev–Trinajstić information content (AvgIpc) is 2.86. The quantitative estimate of drug-likeness (QED) is 0.804. The molecule has 2 atom stereocenters. The Morgan fingerprint density at radius 2 is 2.35 bits per heavy atom. The molecule has 2 rings (SSSR count). The van der Waals surface area contributed by atoms with Crippen molar-refractivity contribution in [3.63, 3.8) is 0 Å². The molecule has 4 nitrogen and oxygen atoms in total. The fourth-order valence-electron chi connectivity index (χ4n) is 2.31. The Hall–Kier alpha value is -1.36. The van der Waals surface area contributed by atoms with E-state index in [0.29, 0.717) is 10.7 Å². The number of amides is 1. The normalized spacial score (nSPS) is 23.6. The zero-order valence-electron chi connectivity index (χ0n) is 9.73. The van der Waals surface area contributed by atoms with E-state index in [4.69, 9.17) is 22.4 Å². The summed E-state index contributed by atoms with van der Waals surface area (Å²) in [5.74, 6) is 0.309. The fraction of sp³-hybridized carbons (Fsp3) is 0.500. The van der Waals surface area contributed by atoms with E-state index in [1.807, 2.05) is 6.92 Å². The SMILES string of the molecule is Cc1ccoc1C(=O)NC1CCCC1C(N)=S. The molecule has 1 aliphatic rings. The Morgan fingerprint density at radius 1 is 1.59 bits per heavy atom. The summed E-state index contributed by atoms with van der Waals surface area (Å²) in [6, 6.07) is 1.82. The van der Waals surface area contributed by atoms with Crippen LogP contribution in [0.1, 0.15) is 35.4 Å². The highest BCUT2D eigenvalue weighted by molar-refractivity contribution is 7.80. The van der Waals surface area contributed by atoms with Crippen molar-refractivity contribution in [2.45, 2.75) is 32.2 Å². The van der Waals surface area contributed by atoms with Crippen molar-refractivity contribution < 1.29 is 9.21 Å². The third-order valence-electron chi connectivity index (χ3n) is 3.27. The molecule has 1 heterocycles. The number of aryl methyl sites for hydroxylation is 1. The molecule has 1 amide bonds. The highest BCUT2D eigenvalue weighted by Crippen LogP contribution is 2.26. The third-order valence-corrected chi connectivity index (χ3v) is 3.57. The third kappa shape index (κ3) is 2.49. The van der Waals surface area contributed by atoms with E-state index in [0.717, 1.165) is 24.8 Å². The van der Waals surface area contributed by atoms with Crippen LogP contribution >= 0.6 is 12.2 Å². The minimum absolute atomic E-state index is 0.0458. The van der Waals surface area contributed by atoms with Gasteiger partial charge in [0.15, 0.2) is 5.76 Å². The Kier molecular flexibility index (Phi) is 3.47. The number of hydrogen-bond donors (Lipinski definition) is 2. The average molecular weight is 252 g/mol. The van der Waals surface area contributed by atoms with Gasteiger partial charge >= 0.3 is 0 Å². The molecule has 1 aromatic heterocycles. The second-order valence-electron chi connectivity index (χ2n) is 4.45. The molecule has 3 N–H and O–H groups in total. The predicted octanol–water partition coefficient (Wildman–Crippen LogP) is 1.77. The van der Waals surface area contributed by atoms with Gasteiger partial charge in [0, 0.05) is 17.5 Å². The maximum Gasteiger partial charge on any atom is 0.287 e. The van der Waals surface area contributed by atoms with Gasteiger partial charge in [-0.25, -0.2) is 0 Å². The van der Waals surface area contributed by atoms with E-state index in [1.54, 1.807) is 6.07 Å². The van der Waals surface area contributed by atoms with Crippen LogP contribution in [0.2, 0.25) is 0 Å². The summed E-state index contributed by atoms with van der Waals surface area (Å²) in [7, 11) is 0. The second-order valence-corrected chi connectivity index (χ2v) is 4.92. The lowest BCUT2D eigenvalue weighted by molar-refractivity contribution is 0.0905. The van der Waals surface area contributed by atoms with Crippen LogP contribution in [0, 0.1) is 12.8 Å². The number of hydrogen-bond acceptors (Lipinski definition) is 3. The minimum atomic E-state index is -0.180. The van der Waals surface area contributed by atoms with Crippen molar-refractivity contribution in [2.24, 2.45) is 11.7 Å². The molecule has 0 aromatic carbocycles. The molecule has 1 aliphatic carbocycles. The van der Waals surface area contributed by atoms with E-state index in [9.17, 15) is 4.79 Å². The zero-order valence-corrected chi connectivity index (χ0v) is 10.5. The van der Waals surface area contributed by atoms with Gasteiger partial charge in [0.05, 0.1) is 11.3 Å². The number of furan rings is 1. The number of rotatable bonds is 3. The Morgan fingerprint density at radius 3 is 2.94 bits per heavy atom. The van der Waals surface area contributed by atoms with Gasteiger partial charge in [0.25, 0.3) is 5.91 Å². The van der Waals surface area contributed by atoms with Crippen molar-refractivity contribution in [3.8, 4) is 0 Å². The molecule has 0 aliphatic heterocycles. The van der Waals surface area contributed by atoms with Gasteiger partial charge in [-0.2, -0.15) is 0 Å². The topological polar surface area (TPSA) is 68.3 Å². The molecule has 2 unspecified atom stereocenters. The Balaban J connectivity index is 2.04. The van der Waals surface area contributed by atoms with Crippen LogP contribution in [0.15, 0.2) is 16.7 Å². The Bertz CT molecular complexity index is 441. The molecule has 0 bridgehead atoms. The van der Waals surface area contributed by atoms with Crippen LogP contribution in [0.5, 0.6) is 0 Å². The van der Waals surface area contributed by atoms with Crippen LogP contribution in [0.4, 0.5) is 0 Å². The van der Waals surface area contributed by atoms with Crippen molar-refractivity contribution in [1.82, 2.24) is 5.32 Å². The molecular weight excluding hydrogens is 236 g/mol. The molecule has 1 aromatic rings. The molecule has 1 saturated carbocycles. The highest BCUT2D eigenvalue weighted by Gasteiger charge is 2.31. The van der Waals surface area contributed by atoms with Crippen molar-refractivity contribution >= 4 is 23.1 Å². The fourth-order valence-corrected chi connectivity index (χ4v) is 2.59. The van der Waals surface area contributed by atoms with Gasteiger partial charge in [-0.3, -0.25) is 4.79 Å². The summed E-state index contributed by atoms with van der Waals surface area (Å²) in [6.07, 6.45) is 4.44. The van der Waals surface area contributed by atoms with Gasteiger partial charge < -0.3 is 15.5 Å². The van der Waals surface area contributed by atoms with Crippen molar-refractivity contribution in [2.75, 3.05) is 0 Å². The van der Waals surface area contributed by atoms with Crippen molar-refractivity contribution in [3.05, 3.63) is 23.7 Å². The number of nitrogens with one attached hydrogen (secondary N) is 1. The van der Waals surface area contributed by atoms with Crippen molar-refractivity contribution in [1.29, 1.82) is 0 Å². The summed E-state index contributed by atoms with van der Waals surface area (Å²) in [6.45, 7) is 1.85. The zero-order chi connectivity index (χ0) is 12.4. The van der Waals surface area contributed by atoms with Gasteiger partial charge in [-0.15, -0.1) is 0 Å². The number of carbonyl (C=O) groups excluding carboxylic acids is 1. The molecule has 0 radical (unpaired) electrons. The van der Waals surface area contributed by atoms with Gasteiger partial charge in [-0.05, 0) is 25.8 Å². The summed E-state index contributed by atoms with van der Waals surface area (Å²) in [5.41, 5.74) is 6.51. The van der Waals surface area contributed by atoms with Crippen LogP contribution in [-0.2, 0) is 0 Å². The smallest absolute Gasteiger partial charge is 0.287 e. The molecule has 17 heavy (non-hydrogen) atoms. The molecule has 92 valence electrons. The summed E-state index contributed by atoms with van der Waals surface area (Å²) >= 11 is 5.01. The molecular formula is C12H16N2O2S. The largest absolute Gasteiger partial charge is 0.459 e. The maximum atomic E-state index is 12.0. The molecule has 0 saturated heterocycles. The standard InChI is InChI=1S/C12H16N2O2S/c1-7-5-6-16-10(7)12(15)14-9-4-2-3-8(9)11(13)17/h5-6,8-9H,2-4H2,1H3,(H2,13,17)(H,14,15). The lowest BCUT2D eigenvalue weighted by Gasteiger charge is -2.19. The van der Waals surface area contributed by atoms with Crippen LogP contribution in [0.25, 0.3) is 0 Å². The summed E-state index contributed by atoms with van der Waals surface area (Å²) in [5, 5.41) is 2.95. The van der Waals surface area contributed by atoms with Crippen LogP contribution in [-0.4, -0.2) is 16.9 Å². The predicted molar refractivity (Wildman–Crippen MR) is 68.8 cm³/mol.